The first kappa shape index (κ1) is 28.8. The molecule has 29 heavy (non-hydrogen) atoms. The van der Waals surface area contributed by atoms with E-state index in [1.165, 1.54) is 77.0 Å². The van der Waals surface area contributed by atoms with E-state index in [-0.39, 0.29) is 0 Å². The van der Waals surface area contributed by atoms with Gasteiger partial charge in [-0.3, -0.25) is 4.48 Å². The maximum absolute atomic E-state index is 12.1. The van der Waals surface area contributed by atoms with Gasteiger partial charge in [0.15, 0.2) is 0 Å². The Morgan fingerprint density at radius 1 is 0.690 bits per heavy atom. The zero-order chi connectivity index (χ0) is 22.0. The lowest BCUT2D eigenvalue weighted by molar-refractivity contribution is -0.910. The minimum atomic E-state index is -2.42. The van der Waals surface area contributed by atoms with Gasteiger partial charge in [-0.25, -0.2) is 0 Å². The lowest BCUT2D eigenvalue weighted by atomic mass is 9.99. The van der Waals surface area contributed by atoms with Crippen LogP contribution in [0.15, 0.2) is 12.2 Å². The molecule has 0 spiro atoms. The van der Waals surface area contributed by atoms with Gasteiger partial charge >= 0.3 is 8.03 Å². The van der Waals surface area contributed by atoms with Gasteiger partial charge in [0.25, 0.3) is 5.28 Å². The lowest BCUT2D eigenvalue weighted by Crippen LogP contribution is -2.55. The average molecular weight is 429 g/mol. The Bertz CT molecular complexity index is 431. The molecule has 0 bridgehead atoms. The van der Waals surface area contributed by atoms with Crippen molar-refractivity contribution < 1.29 is 13.9 Å². The molecule has 0 aliphatic rings. The van der Waals surface area contributed by atoms with Gasteiger partial charge in [0.2, 0.25) is 0 Å². The first-order valence-corrected chi connectivity index (χ1v) is 13.6. The first-order valence-electron chi connectivity index (χ1n) is 12.4. The summed E-state index contributed by atoms with van der Waals surface area (Å²) < 4.78 is 12.6. The predicted octanol–water partition coefficient (Wildman–Crippen LogP) is 7.72. The monoisotopic (exact) mass is 428 g/mol. The molecular weight excluding hydrogens is 377 g/mol. The Hall–Kier alpha value is -0.240. The van der Waals surface area contributed by atoms with Gasteiger partial charge in [-0.05, 0) is 38.5 Å². The smallest absolute Gasteiger partial charge is 0.376 e. The Balaban J connectivity index is 3.73. The summed E-state index contributed by atoms with van der Waals surface area (Å²) in [5.74, 6) is 0. The van der Waals surface area contributed by atoms with Gasteiger partial charge in [0.1, 0.15) is 0 Å². The number of hydrogen-bond donors (Lipinski definition) is 0. The van der Waals surface area contributed by atoms with Crippen LogP contribution in [-0.4, -0.2) is 30.9 Å². The fraction of sp³-hybridized carbons (Fsp3) is 0.920. The van der Waals surface area contributed by atoms with Crippen molar-refractivity contribution in [1.82, 2.24) is 0 Å². The highest BCUT2D eigenvalue weighted by molar-refractivity contribution is 7.38. The Morgan fingerprint density at radius 3 is 1.55 bits per heavy atom. The summed E-state index contributed by atoms with van der Waals surface area (Å²) in [4.78, 5) is 12.1. The first-order chi connectivity index (χ1) is 13.8. The van der Waals surface area contributed by atoms with Gasteiger partial charge in [0.05, 0.1) is 21.1 Å². The van der Waals surface area contributed by atoms with E-state index in [1.807, 2.05) is 21.1 Å². The third-order valence-corrected chi connectivity index (χ3v) is 8.05. The summed E-state index contributed by atoms with van der Waals surface area (Å²) in [6.07, 6.45) is 25.2. The Labute approximate surface area is 183 Å². The van der Waals surface area contributed by atoms with Crippen LogP contribution in [-0.2, 0) is 4.57 Å². The molecule has 0 aliphatic heterocycles. The van der Waals surface area contributed by atoms with Gasteiger partial charge in [-0.1, -0.05) is 88.4 Å². The number of nitrogens with zero attached hydrogens (tertiary/aromatic N) is 1. The summed E-state index contributed by atoms with van der Waals surface area (Å²) in [6, 6.07) is 0. The molecule has 4 heteroatoms. The lowest BCUT2D eigenvalue weighted by Gasteiger charge is -2.39. The molecule has 3 nitrogen and oxygen atoms in total. The van der Waals surface area contributed by atoms with Crippen LogP contribution in [0, 0.1) is 0 Å². The maximum Gasteiger partial charge on any atom is 0.376 e. The van der Waals surface area contributed by atoms with Gasteiger partial charge in [-0.2, -0.15) is 0 Å². The zero-order valence-corrected chi connectivity index (χ0v) is 21.3. The van der Waals surface area contributed by atoms with Crippen molar-refractivity contribution in [3.05, 3.63) is 12.2 Å². The van der Waals surface area contributed by atoms with Crippen LogP contribution in [0.3, 0.4) is 0 Å². The van der Waals surface area contributed by atoms with E-state index in [1.54, 1.807) is 0 Å². The summed E-state index contributed by atoms with van der Waals surface area (Å²) in [6.45, 7) is 4.35. The average Bonchev–Trinajstić information content (AvgIpc) is 2.65. The number of unbranched alkanes of at least 4 members (excludes halogenated alkanes) is 12. The molecule has 0 radical (unpaired) electrons. The van der Waals surface area contributed by atoms with E-state index in [0.29, 0.717) is 4.48 Å². The molecule has 0 rings (SSSR count). The molecule has 0 saturated carbocycles. The highest BCUT2D eigenvalue weighted by Crippen LogP contribution is 2.45. The number of hydrogen-bond acceptors (Lipinski definition) is 2. The molecular formula is C25H51NO2P+. The van der Waals surface area contributed by atoms with Crippen LogP contribution in [0.1, 0.15) is 123 Å². The van der Waals surface area contributed by atoms with E-state index in [2.05, 4.69) is 26.0 Å². The second-order valence-corrected chi connectivity index (χ2v) is 11.0. The van der Waals surface area contributed by atoms with Crippen LogP contribution in [0.4, 0.5) is 0 Å². The van der Waals surface area contributed by atoms with Crippen molar-refractivity contribution in [2.45, 2.75) is 128 Å². The summed E-state index contributed by atoms with van der Waals surface area (Å²) in [5.41, 5.74) is 0. The highest BCUT2D eigenvalue weighted by atomic mass is 31.1. The van der Waals surface area contributed by atoms with Crippen molar-refractivity contribution >= 4 is 8.03 Å². The third-order valence-electron chi connectivity index (χ3n) is 6.33. The predicted molar refractivity (Wildman–Crippen MR) is 127 cm³/mol. The van der Waals surface area contributed by atoms with Crippen molar-refractivity contribution in [3.63, 3.8) is 0 Å². The van der Waals surface area contributed by atoms with E-state index in [9.17, 15) is 9.46 Å². The maximum atomic E-state index is 12.1. The minimum absolute atomic E-state index is 0.521. The van der Waals surface area contributed by atoms with E-state index >= 15 is 0 Å². The minimum Gasteiger partial charge on any atom is -0.590 e. The van der Waals surface area contributed by atoms with Crippen LogP contribution < -0.4 is 4.89 Å². The molecule has 0 saturated heterocycles. The topological polar surface area (TPSA) is 40.1 Å². The standard InChI is InChI=1S/C25H51NO2P/c1-6-8-9-10-11-12-13-14-15-16-17-18-19-20-21-22-24-25(23-7-2,29(27)28)26(3,4)5/h11-12H,6-10,13-24H2,1-5H3/q+1. The normalized spacial score (nSPS) is 15.0. The van der Waals surface area contributed by atoms with Gasteiger partial charge in [-0.15, -0.1) is 0 Å². The van der Waals surface area contributed by atoms with Crippen molar-refractivity contribution in [1.29, 1.82) is 0 Å². The van der Waals surface area contributed by atoms with Crippen molar-refractivity contribution in [2.24, 2.45) is 0 Å². The van der Waals surface area contributed by atoms with Crippen molar-refractivity contribution in [3.8, 4) is 0 Å². The summed E-state index contributed by atoms with van der Waals surface area (Å²) in [5, 5.41) is -0.589. The van der Waals surface area contributed by atoms with Crippen LogP contribution in [0.2, 0.25) is 0 Å². The van der Waals surface area contributed by atoms with Crippen LogP contribution in [0.5, 0.6) is 0 Å². The van der Waals surface area contributed by atoms with E-state index in [4.69, 9.17) is 0 Å². The molecule has 172 valence electrons. The second-order valence-electron chi connectivity index (χ2n) is 9.69. The molecule has 0 amide bonds. The molecule has 0 heterocycles. The molecule has 2 atom stereocenters. The fourth-order valence-corrected chi connectivity index (χ4v) is 5.52. The largest absolute Gasteiger partial charge is 0.590 e. The fourth-order valence-electron chi connectivity index (χ4n) is 4.28. The van der Waals surface area contributed by atoms with E-state index in [0.717, 1.165) is 32.1 Å². The molecule has 0 N–H and O–H groups in total. The van der Waals surface area contributed by atoms with Crippen LogP contribution in [0.25, 0.3) is 0 Å². The third kappa shape index (κ3) is 12.9. The number of rotatable bonds is 20. The second kappa shape index (κ2) is 17.4. The van der Waals surface area contributed by atoms with Gasteiger partial charge in [0, 0.05) is 12.8 Å². The highest BCUT2D eigenvalue weighted by Gasteiger charge is 2.53. The number of quaternary nitrogens is 1. The molecule has 2 unspecified atom stereocenters. The van der Waals surface area contributed by atoms with Crippen LogP contribution >= 0.6 is 8.03 Å². The van der Waals surface area contributed by atoms with Gasteiger partial charge < -0.3 is 4.89 Å². The van der Waals surface area contributed by atoms with E-state index < -0.39 is 13.3 Å². The Kier molecular flexibility index (Phi) is 17.3. The molecule has 0 aromatic carbocycles. The molecule has 0 fully saturated rings. The zero-order valence-electron chi connectivity index (χ0n) is 20.4. The van der Waals surface area contributed by atoms with Crippen molar-refractivity contribution in [2.75, 3.05) is 21.1 Å². The SMILES string of the molecule is CCCCCC=CCCCCCCCCCCCC(CCC)([P+](=O)[O-])[N+](C)(C)C. The number of allylic oxidation sites excluding steroid dienone is 2. The molecule has 0 aromatic rings. The quantitative estimate of drug-likeness (QED) is 0.0861. The summed E-state index contributed by atoms with van der Waals surface area (Å²) in [7, 11) is 3.67. The summed E-state index contributed by atoms with van der Waals surface area (Å²) >= 11 is 0. The Morgan fingerprint density at radius 2 is 1.14 bits per heavy atom. The molecule has 0 aromatic heterocycles. The molecule has 0 aliphatic carbocycles.